The first kappa shape index (κ1) is 12.1. The monoisotopic (exact) mass is 233 g/mol. The topological polar surface area (TPSA) is 58.4 Å². The second-order valence-corrected chi connectivity index (χ2v) is 4.41. The van der Waals surface area contributed by atoms with Crippen LogP contribution in [0, 0.1) is 0 Å². The second-order valence-electron chi connectivity index (χ2n) is 4.41. The van der Waals surface area contributed by atoms with E-state index in [2.05, 4.69) is 10.2 Å². The van der Waals surface area contributed by atoms with Crippen molar-refractivity contribution >= 4 is 5.91 Å². The van der Waals surface area contributed by atoms with Gasteiger partial charge in [-0.15, -0.1) is 0 Å². The number of nitrogens with two attached hydrogens (primary N) is 1. The lowest BCUT2D eigenvalue weighted by molar-refractivity contribution is 0.0938. The van der Waals surface area contributed by atoms with Crippen molar-refractivity contribution < 1.29 is 4.79 Å². The number of hydrogen-bond acceptors (Lipinski definition) is 3. The first-order valence-electron chi connectivity index (χ1n) is 6.08. The van der Waals surface area contributed by atoms with Gasteiger partial charge in [0.25, 0.3) is 5.91 Å². The molecule has 0 saturated carbocycles. The molecule has 3 N–H and O–H groups in total. The number of hydrogen-bond donors (Lipinski definition) is 2. The van der Waals surface area contributed by atoms with Crippen LogP contribution in [0.3, 0.4) is 0 Å². The Hall–Kier alpha value is -1.39. The molecular formula is C13H19N3O. The van der Waals surface area contributed by atoms with E-state index < -0.39 is 0 Å². The van der Waals surface area contributed by atoms with E-state index in [1.54, 1.807) is 0 Å². The van der Waals surface area contributed by atoms with Gasteiger partial charge in [0.1, 0.15) is 0 Å². The normalized spacial score (nSPS) is 20.4. The summed E-state index contributed by atoms with van der Waals surface area (Å²) in [7, 11) is 0. The average Bonchev–Trinajstić information content (AvgIpc) is 2.78. The molecule has 1 amide bonds. The summed E-state index contributed by atoms with van der Waals surface area (Å²) in [4.78, 5) is 14.2. The summed E-state index contributed by atoms with van der Waals surface area (Å²) < 4.78 is 0. The molecule has 1 aliphatic heterocycles. The number of carbonyl (C=O) groups excluding carboxylic acids is 1. The molecule has 92 valence electrons. The molecule has 1 atom stereocenters. The van der Waals surface area contributed by atoms with Crippen LogP contribution in [0.1, 0.15) is 16.8 Å². The van der Waals surface area contributed by atoms with E-state index in [-0.39, 0.29) is 11.9 Å². The lowest BCUT2D eigenvalue weighted by Crippen LogP contribution is -2.37. The number of nitrogens with zero attached hydrogens (tertiary/aromatic N) is 1. The molecule has 1 unspecified atom stereocenters. The van der Waals surface area contributed by atoms with E-state index in [0.717, 1.165) is 31.6 Å². The van der Waals surface area contributed by atoms with Crippen LogP contribution in [-0.4, -0.2) is 43.0 Å². The summed E-state index contributed by atoms with van der Waals surface area (Å²) in [5, 5.41) is 3.06. The highest BCUT2D eigenvalue weighted by atomic mass is 16.1. The fourth-order valence-electron chi connectivity index (χ4n) is 2.19. The standard InChI is InChI=1S/C13H19N3O/c14-7-9-16-8-6-12(10-16)15-13(17)11-4-2-1-3-5-11/h1-5,12H,6-10,14H2,(H,15,17). The predicted octanol–water partition coefficient (Wildman–Crippen LogP) is 0.449. The Morgan fingerprint density at radius 1 is 1.41 bits per heavy atom. The smallest absolute Gasteiger partial charge is 0.251 e. The minimum Gasteiger partial charge on any atom is -0.348 e. The zero-order valence-electron chi connectivity index (χ0n) is 9.93. The molecule has 4 heteroatoms. The third-order valence-electron chi connectivity index (χ3n) is 3.09. The van der Waals surface area contributed by atoms with E-state index in [4.69, 9.17) is 5.73 Å². The van der Waals surface area contributed by atoms with Gasteiger partial charge in [-0.25, -0.2) is 0 Å². The van der Waals surface area contributed by atoms with Crippen molar-refractivity contribution in [3.63, 3.8) is 0 Å². The van der Waals surface area contributed by atoms with Gasteiger partial charge in [-0.05, 0) is 18.6 Å². The molecule has 0 radical (unpaired) electrons. The third-order valence-corrected chi connectivity index (χ3v) is 3.09. The average molecular weight is 233 g/mol. The van der Waals surface area contributed by atoms with Gasteiger partial charge in [0, 0.05) is 37.8 Å². The third kappa shape index (κ3) is 3.28. The number of rotatable bonds is 4. The van der Waals surface area contributed by atoms with Gasteiger partial charge in [0.05, 0.1) is 0 Å². The summed E-state index contributed by atoms with van der Waals surface area (Å²) in [6.07, 6.45) is 1.01. The summed E-state index contributed by atoms with van der Waals surface area (Å²) >= 11 is 0. The first-order valence-corrected chi connectivity index (χ1v) is 6.08. The number of carbonyl (C=O) groups is 1. The van der Waals surface area contributed by atoms with Gasteiger partial charge in [-0.2, -0.15) is 0 Å². The van der Waals surface area contributed by atoms with Crippen molar-refractivity contribution in [1.29, 1.82) is 0 Å². The van der Waals surface area contributed by atoms with E-state index in [1.165, 1.54) is 0 Å². The Morgan fingerprint density at radius 3 is 2.88 bits per heavy atom. The van der Waals surface area contributed by atoms with Crippen LogP contribution in [0.5, 0.6) is 0 Å². The lowest BCUT2D eigenvalue weighted by atomic mass is 10.2. The Bertz CT molecular complexity index is 366. The first-order chi connectivity index (χ1) is 8.29. The second kappa shape index (κ2) is 5.80. The zero-order valence-corrected chi connectivity index (χ0v) is 9.93. The van der Waals surface area contributed by atoms with Crippen LogP contribution >= 0.6 is 0 Å². The molecule has 2 rings (SSSR count). The number of benzene rings is 1. The van der Waals surface area contributed by atoms with Gasteiger partial charge in [0.2, 0.25) is 0 Å². The quantitative estimate of drug-likeness (QED) is 0.794. The van der Waals surface area contributed by atoms with Gasteiger partial charge < -0.3 is 11.1 Å². The maximum atomic E-state index is 11.9. The Morgan fingerprint density at radius 2 is 2.18 bits per heavy atom. The van der Waals surface area contributed by atoms with Crippen LogP contribution in [0.4, 0.5) is 0 Å². The molecule has 0 aliphatic carbocycles. The Balaban J connectivity index is 1.84. The van der Waals surface area contributed by atoms with Crippen LogP contribution in [0.2, 0.25) is 0 Å². The van der Waals surface area contributed by atoms with Crippen molar-refractivity contribution in [2.75, 3.05) is 26.2 Å². The van der Waals surface area contributed by atoms with Crippen molar-refractivity contribution in [2.45, 2.75) is 12.5 Å². The van der Waals surface area contributed by atoms with E-state index in [0.29, 0.717) is 6.54 Å². The fraction of sp³-hybridized carbons (Fsp3) is 0.462. The molecule has 0 bridgehead atoms. The van der Waals surface area contributed by atoms with Gasteiger partial charge in [-0.1, -0.05) is 18.2 Å². The lowest BCUT2D eigenvalue weighted by Gasteiger charge is -2.15. The van der Waals surface area contributed by atoms with Crippen molar-refractivity contribution in [3.05, 3.63) is 35.9 Å². The van der Waals surface area contributed by atoms with Gasteiger partial charge in [-0.3, -0.25) is 9.69 Å². The van der Waals surface area contributed by atoms with Crippen LogP contribution in [-0.2, 0) is 0 Å². The number of likely N-dealkylation sites (tertiary alicyclic amines) is 1. The SMILES string of the molecule is NCCN1CCC(NC(=O)c2ccccc2)C1. The molecule has 17 heavy (non-hydrogen) atoms. The van der Waals surface area contributed by atoms with Crippen molar-refractivity contribution in [3.8, 4) is 0 Å². The highest BCUT2D eigenvalue weighted by Crippen LogP contribution is 2.09. The molecule has 1 saturated heterocycles. The maximum absolute atomic E-state index is 11.9. The molecule has 4 nitrogen and oxygen atoms in total. The molecular weight excluding hydrogens is 214 g/mol. The van der Waals surface area contributed by atoms with Crippen LogP contribution in [0.15, 0.2) is 30.3 Å². The Kier molecular flexibility index (Phi) is 4.12. The minimum atomic E-state index is 0.0187. The fourth-order valence-corrected chi connectivity index (χ4v) is 2.19. The zero-order chi connectivity index (χ0) is 12.1. The molecule has 1 heterocycles. The van der Waals surface area contributed by atoms with Gasteiger partial charge >= 0.3 is 0 Å². The molecule has 0 spiro atoms. The Labute approximate surface area is 102 Å². The maximum Gasteiger partial charge on any atom is 0.251 e. The van der Waals surface area contributed by atoms with E-state index >= 15 is 0 Å². The largest absolute Gasteiger partial charge is 0.348 e. The summed E-state index contributed by atoms with van der Waals surface area (Å²) in [6.45, 7) is 3.53. The van der Waals surface area contributed by atoms with E-state index in [9.17, 15) is 4.79 Å². The molecule has 0 aromatic heterocycles. The molecule has 1 fully saturated rings. The molecule has 1 aromatic rings. The molecule has 1 aliphatic rings. The number of amides is 1. The highest BCUT2D eigenvalue weighted by Gasteiger charge is 2.23. The minimum absolute atomic E-state index is 0.0187. The van der Waals surface area contributed by atoms with E-state index in [1.807, 2.05) is 30.3 Å². The van der Waals surface area contributed by atoms with Gasteiger partial charge in [0.15, 0.2) is 0 Å². The van der Waals surface area contributed by atoms with Crippen molar-refractivity contribution in [1.82, 2.24) is 10.2 Å². The number of nitrogens with one attached hydrogen (secondary N) is 1. The predicted molar refractivity (Wildman–Crippen MR) is 67.8 cm³/mol. The van der Waals surface area contributed by atoms with Crippen LogP contribution in [0.25, 0.3) is 0 Å². The van der Waals surface area contributed by atoms with Crippen molar-refractivity contribution in [2.24, 2.45) is 5.73 Å². The molecule has 1 aromatic carbocycles. The summed E-state index contributed by atoms with van der Waals surface area (Å²) in [5.41, 5.74) is 6.24. The summed E-state index contributed by atoms with van der Waals surface area (Å²) in [6, 6.07) is 9.60. The summed E-state index contributed by atoms with van der Waals surface area (Å²) in [5.74, 6) is 0.0187. The highest BCUT2D eigenvalue weighted by molar-refractivity contribution is 5.94. The van der Waals surface area contributed by atoms with Crippen LogP contribution < -0.4 is 11.1 Å².